The zero-order valence-corrected chi connectivity index (χ0v) is 20.1. The number of ether oxygens (including phenoxy) is 1. The first-order chi connectivity index (χ1) is 12.4. The molecular formula is C19H40IN5O2. The van der Waals surface area contributed by atoms with Crippen LogP contribution in [0.1, 0.15) is 46.5 Å². The Hall–Kier alpha value is -0.610. The molecule has 1 aliphatic rings. The summed E-state index contributed by atoms with van der Waals surface area (Å²) in [7, 11) is 3.52. The number of halogens is 1. The molecule has 160 valence electrons. The summed E-state index contributed by atoms with van der Waals surface area (Å²) >= 11 is 0. The third kappa shape index (κ3) is 12.5. The van der Waals surface area contributed by atoms with Crippen LogP contribution in [0.5, 0.6) is 0 Å². The fourth-order valence-electron chi connectivity index (χ4n) is 2.74. The zero-order valence-electron chi connectivity index (χ0n) is 17.8. The molecule has 0 aromatic rings. The number of aliphatic imine (C=N–C) groups is 1. The van der Waals surface area contributed by atoms with Crippen molar-refractivity contribution in [2.24, 2.45) is 4.99 Å². The summed E-state index contributed by atoms with van der Waals surface area (Å²) in [4.78, 5) is 20.3. The highest BCUT2D eigenvalue weighted by molar-refractivity contribution is 14.0. The molecule has 0 unspecified atom stereocenters. The highest BCUT2D eigenvalue weighted by Crippen LogP contribution is 2.10. The lowest BCUT2D eigenvalue weighted by Gasteiger charge is -2.33. The van der Waals surface area contributed by atoms with Gasteiger partial charge in [-0.05, 0) is 33.1 Å². The van der Waals surface area contributed by atoms with E-state index in [-0.39, 0.29) is 36.4 Å². The van der Waals surface area contributed by atoms with E-state index in [9.17, 15) is 4.79 Å². The lowest BCUT2D eigenvalue weighted by Crippen LogP contribution is -2.49. The molecule has 7 nitrogen and oxygen atoms in total. The van der Waals surface area contributed by atoms with E-state index in [0.29, 0.717) is 12.1 Å². The molecule has 1 fully saturated rings. The summed E-state index contributed by atoms with van der Waals surface area (Å²) in [6.07, 6.45) is 4.69. The lowest BCUT2D eigenvalue weighted by molar-refractivity contribution is -0.127. The molecule has 0 aliphatic carbocycles. The predicted octanol–water partition coefficient (Wildman–Crippen LogP) is 1.92. The van der Waals surface area contributed by atoms with E-state index in [1.807, 2.05) is 0 Å². The minimum absolute atomic E-state index is 0. The Morgan fingerprint density at radius 2 is 1.96 bits per heavy atom. The molecule has 0 radical (unpaired) electrons. The topological polar surface area (TPSA) is 69.2 Å². The second kappa shape index (κ2) is 15.3. The van der Waals surface area contributed by atoms with Gasteiger partial charge >= 0.3 is 0 Å². The van der Waals surface area contributed by atoms with E-state index in [2.05, 4.69) is 41.3 Å². The number of likely N-dealkylation sites (tertiary alicyclic amines) is 1. The van der Waals surface area contributed by atoms with E-state index in [1.165, 1.54) is 0 Å². The second-order valence-electron chi connectivity index (χ2n) is 7.41. The molecule has 1 amide bonds. The summed E-state index contributed by atoms with van der Waals surface area (Å²) in [5.41, 5.74) is 0. The maximum atomic E-state index is 11.8. The van der Waals surface area contributed by atoms with Crippen molar-refractivity contribution in [1.82, 2.24) is 20.4 Å². The first-order valence-corrected chi connectivity index (χ1v) is 10.0. The van der Waals surface area contributed by atoms with Crippen molar-refractivity contribution in [1.29, 1.82) is 0 Å². The van der Waals surface area contributed by atoms with Crippen molar-refractivity contribution >= 4 is 35.8 Å². The third-order valence-corrected chi connectivity index (χ3v) is 4.48. The SMILES string of the molecule is CCCCNC(=NCC(=O)N(C)C)NC1CCN(CCOC(C)C)CC1.I. The van der Waals surface area contributed by atoms with Crippen LogP contribution in [0.25, 0.3) is 0 Å². The summed E-state index contributed by atoms with van der Waals surface area (Å²) in [6.45, 7) is 11.3. The molecule has 0 spiro atoms. The maximum Gasteiger partial charge on any atom is 0.243 e. The fourth-order valence-corrected chi connectivity index (χ4v) is 2.74. The molecule has 0 aromatic carbocycles. The standard InChI is InChI=1S/C19H39N5O2.HI/c1-6-7-10-20-19(21-15-18(25)23(4)5)22-17-8-11-24(12-9-17)13-14-26-16(2)3;/h16-17H,6-15H2,1-5H3,(H2,20,21,22);1H. The molecule has 0 aromatic heterocycles. The third-order valence-electron chi connectivity index (χ3n) is 4.48. The molecule has 0 atom stereocenters. The second-order valence-corrected chi connectivity index (χ2v) is 7.41. The van der Waals surface area contributed by atoms with Gasteiger partial charge in [0.15, 0.2) is 5.96 Å². The monoisotopic (exact) mass is 497 g/mol. The maximum absolute atomic E-state index is 11.8. The number of hydrogen-bond acceptors (Lipinski definition) is 4. The van der Waals surface area contributed by atoms with Crippen LogP contribution in [0.2, 0.25) is 0 Å². The summed E-state index contributed by atoms with van der Waals surface area (Å²) in [5.74, 6) is 0.775. The number of hydrogen-bond donors (Lipinski definition) is 2. The van der Waals surface area contributed by atoms with Crippen LogP contribution in [0.3, 0.4) is 0 Å². The average Bonchev–Trinajstić information content (AvgIpc) is 2.60. The highest BCUT2D eigenvalue weighted by atomic mass is 127. The van der Waals surface area contributed by atoms with E-state index in [4.69, 9.17) is 4.74 Å². The molecule has 1 aliphatic heterocycles. The van der Waals surface area contributed by atoms with Gasteiger partial charge in [0.1, 0.15) is 6.54 Å². The van der Waals surface area contributed by atoms with Crippen molar-refractivity contribution in [3.8, 4) is 0 Å². The van der Waals surface area contributed by atoms with Gasteiger partial charge in [0.05, 0.1) is 12.7 Å². The molecule has 27 heavy (non-hydrogen) atoms. The van der Waals surface area contributed by atoms with Crippen LogP contribution in [-0.2, 0) is 9.53 Å². The molecule has 0 bridgehead atoms. The molecule has 0 saturated carbocycles. The highest BCUT2D eigenvalue weighted by Gasteiger charge is 2.20. The van der Waals surface area contributed by atoms with Crippen LogP contribution in [-0.4, -0.2) is 87.2 Å². The Kier molecular flexibility index (Phi) is 15.0. The van der Waals surface area contributed by atoms with Gasteiger partial charge < -0.3 is 25.2 Å². The summed E-state index contributed by atoms with van der Waals surface area (Å²) in [6, 6.07) is 0.402. The molecule has 2 N–H and O–H groups in total. The quantitative estimate of drug-likeness (QED) is 0.209. The van der Waals surface area contributed by atoms with Gasteiger partial charge in [-0.3, -0.25) is 4.79 Å². The van der Waals surface area contributed by atoms with Crippen molar-refractivity contribution in [2.45, 2.75) is 58.6 Å². The number of unbranched alkanes of at least 4 members (excludes halogenated alkanes) is 1. The predicted molar refractivity (Wildman–Crippen MR) is 123 cm³/mol. The van der Waals surface area contributed by atoms with Gasteiger partial charge in [-0.2, -0.15) is 0 Å². The number of carbonyl (C=O) groups is 1. The van der Waals surface area contributed by atoms with Crippen LogP contribution >= 0.6 is 24.0 Å². The molecule has 1 rings (SSSR count). The molecule has 1 heterocycles. The van der Waals surface area contributed by atoms with Gasteiger partial charge in [0, 0.05) is 46.3 Å². The number of carbonyl (C=O) groups excluding carboxylic acids is 1. The minimum atomic E-state index is 0. The van der Waals surface area contributed by atoms with Crippen molar-refractivity contribution in [3.05, 3.63) is 0 Å². The number of amides is 1. The molecule has 1 saturated heterocycles. The number of nitrogens with one attached hydrogen (secondary N) is 2. The van der Waals surface area contributed by atoms with Crippen molar-refractivity contribution in [3.63, 3.8) is 0 Å². The fraction of sp³-hybridized carbons (Fsp3) is 0.895. The van der Waals surface area contributed by atoms with Gasteiger partial charge in [-0.25, -0.2) is 4.99 Å². The van der Waals surface area contributed by atoms with Crippen LogP contribution < -0.4 is 10.6 Å². The number of guanidine groups is 1. The Morgan fingerprint density at radius 1 is 1.30 bits per heavy atom. The summed E-state index contributed by atoms with van der Waals surface area (Å²) in [5, 5.41) is 6.87. The van der Waals surface area contributed by atoms with Gasteiger partial charge in [-0.1, -0.05) is 13.3 Å². The van der Waals surface area contributed by atoms with E-state index >= 15 is 0 Å². The Balaban J connectivity index is 0.00000676. The minimum Gasteiger partial charge on any atom is -0.377 e. The normalized spacial score (nSPS) is 16.1. The van der Waals surface area contributed by atoms with Crippen molar-refractivity contribution < 1.29 is 9.53 Å². The van der Waals surface area contributed by atoms with Crippen LogP contribution in [0.4, 0.5) is 0 Å². The molecule has 8 heteroatoms. The van der Waals surface area contributed by atoms with E-state index in [1.54, 1.807) is 19.0 Å². The largest absolute Gasteiger partial charge is 0.377 e. The zero-order chi connectivity index (χ0) is 19.4. The smallest absolute Gasteiger partial charge is 0.243 e. The Morgan fingerprint density at radius 3 is 2.52 bits per heavy atom. The summed E-state index contributed by atoms with van der Waals surface area (Å²) < 4.78 is 5.64. The van der Waals surface area contributed by atoms with E-state index < -0.39 is 0 Å². The Bertz CT molecular complexity index is 424. The van der Waals surface area contributed by atoms with Crippen LogP contribution in [0.15, 0.2) is 4.99 Å². The van der Waals surface area contributed by atoms with E-state index in [0.717, 1.165) is 64.4 Å². The lowest BCUT2D eigenvalue weighted by atomic mass is 10.1. The number of piperidine rings is 1. The average molecular weight is 497 g/mol. The first-order valence-electron chi connectivity index (χ1n) is 10.0. The van der Waals surface area contributed by atoms with Gasteiger partial charge in [-0.15, -0.1) is 24.0 Å². The Labute approximate surface area is 182 Å². The number of likely N-dealkylation sites (N-methyl/N-ethyl adjacent to an activating group) is 1. The van der Waals surface area contributed by atoms with Crippen LogP contribution in [0, 0.1) is 0 Å². The van der Waals surface area contributed by atoms with Crippen molar-refractivity contribution in [2.75, 3.05) is 53.4 Å². The first kappa shape index (κ1) is 26.4. The molecular weight excluding hydrogens is 457 g/mol. The number of rotatable bonds is 10. The van der Waals surface area contributed by atoms with Gasteiger partial charge in [0.2, 0.25) is 5.91 Å². The van der Waals surface area contributed by atoms with Gasteiger partial charge in [0.25, 0.3) is 0 Å². The number of nitrogens with zero attached hydrogens (tertiary/aromatic N) is 3.